The van der Waals surface area contributed by atoms with Crippen molar-refractivity contribution in [2.75, 3.05) is 0 Å². The molecule has 1 aromatic carbocycles. The highest BCUT2D eigenvalue weighted by Gasteiger charge is 2.31. The highest BCUT2D eigenvalue weighted by atomic mass is 32.1. The normalized spacial score (nSPS) is 13.2. The number of hydrogen-bond donors (Lipinski definition) is 1. The highest BCUT2D eigenvalue weighted by Crippen LogP contribution is 2.29. The van der Waals surface area contributed by atoms with E-state index in [0.29, 0.717) is 0 Å². The molecule has 2 rings (SSSR count). The van der Waals surface area contributed by atoms with Crippen LogP contribution in [0.25, 0.3) is 0 Å². The number of ether oxygens (including phenoxy) is 1. The maximum absolute atomic E-state index is 12.1. The van der Waals surface area contributed by atoms with E-state index in [-0.39, 0.29) is 11.8 Å². The van der Waals surface area contributed by atoms with Gasteiger partial charge in [0.25, 0.3) is 0 Å². The minimum absolute atomic E-state index is 0.242. The number of hydrogen-bond acceptors (Lipinski definition) is 3. The van der Waals surface area contributed by atoms with Gasteiger partial charge in [-0.15, -0.1) is 24.5 Å². The highest BCUT2D eigenvalue weighted by molar-refractivity contribution is 7.12. The molecule has 0 aliphatic carbocycles. The van der Waals surface area contributed by atoms with Gasteiger partial charge in [-0.2, -0.15) is 0 Å². The summed E-state index contributed by atoms with van der Waals surface area (Å²) in [4.78, 5) is 2.22. The lowest BCUT2D eigenvalue weighted by atomic mass is 10.1. The molecule has 0 fully saturated rings. The van der Waals surface area contributed by atoms with Gasteiger partial charge in [0, 0.05) is 9.75 Å². The molecule has 1 atom stereocenters. The fourth-order valence-electron chi connectivity index (χ4n) is 1.79. The third kappa shape index (κ3) is 3.74. The van der Waals surface area contributed by atoms with Crippen LogP contribution in [-0.4, -0.2) is 6.36 Å². The second kappa shape index (κ2) is 5.85. The maximum atomic E-state index is 12.1. The van der Waals surface area contributed by atoms with Crippen LogP contribution < -0.4 is 10.5 Å². The molecular weight excluding hydrogens is 287 g/mol. The minimum atomic E-state index is -4.67. The molecule has 0 radical (unpaired) electrons. The summed E-state index contributed by atoms with van der Waals surface area (Å²) in [5, 5.41) is 0. The molecule has 2 N–H and O–H groups in total. The van der Waals surface area contributed by atoms with Crippen LogP contribution in [0.1, 0.15) is 28.3 Å². The van der Waals surface area contributed by atoms with Gasteiger partial charge < -0.3 is 10.5 Å². The first-order valence-electron chi connectivity index (χ1n) is 6.09. The third-order valence-electron chi connectivity index (χ3n) is 2.81. The molecule has 2 aromatic rings. The van der Waals surface area contributed by atoms with Crippen LogP contribution in [0.3, 0.4) is 0 Å². The first-order valence-corrected chi connectivity index (χ1v) is 6.90. The Morgan fingerprint density at radius 2 is 1.80 bits per heavy atom. The van der Waals surface area contributed by atoms with Gasteiger partial charge in [0.2, 0.25) is 0 Å². The SMILES string of the molecule is CCc1ccc(C(N)c2ccc(OC(F)(F)F)cc2)s1. The third-order valence-corrected chi connectivity index (χ3v) is 4.12. The second-order valence-corrected chi connectivity index (χ2v) is 5.45. The van der Waals surface area contributed by atoms with Crippen LogP contribution in [0.4, 0.5) is 13.2 Å². The van der Waals surface area contributed by atoms with Crippen molar-refractivity contribution in [3.05, 3.63) is 51.7 Å². The predicted octanol–water partition coefficient (Wildman–Crippen LogP) is 4.26. The van der Waals surface area contributed by atoms with Crippen molar-refractivity contribution >= 4 is 11.3 Å². The van der Waals surface area contributed by atoms with E-state index < -0.39 is 6.36 Å². The Morgan fingerprint density at radius 3 is 2.30 bits per heavy atom. The van der Waals surface area contributed by atoms with E-state index in [0.717, 1.165) is 16.9 Å². The number of rotatable bonds is 4. The topological polar surface area (TPSA) is 35.2 Å². The van der Waals surface area contributed by atoms with Gasteiger partial charge in [0.1, 0.15) is 5.75 Å². The van der Waals surface area contributed by atoms with E-state index in [4.69, 9.17) is 5.73 Å². The van der Waals surface area contributed by atoms with Gasteiger partial charge in [0.15, 0.2) is 0 Å². The summed E-state index contributed by atoms with van der Waals surface area (Å²) in [5.74, 6) is -0.242. The van der Waals surface area contributed by atoms with Crippen LogP contribution in [0.5, 0.6) is 5.75 Å². The molecule has 1 aromatic heterocycles. The molecule has 1 unspecified atom stereocenters. The van der Waals surface area contributed by atoms with Gasteiger partial charge >= 0.3 is 6.36 Å². The van der Waals surface area contributed by atoms with E-state index in [1.54, 1.807) is 23.5 Å². The molecule has 108 valence electrons. The summed E-state index contributed by atoms with van der Waals surface area (Å²) in [7, 11) is 0. The molecule has 20 heavy (non-hydrogen) atoms. The largest absolute Gasteiger partial charge is 0.573 e. The number of benzene rings is 1. The van der Waals surface area contributed by atoms with Crippen molar-refractivity contribution in [2.24, 2.45) is 5.73 Å². The van der Waals surface area contributed by atoms with E-state index in [1.165, 1.54) is 17.0 Å². The van der Waals surface area contributed by atoms with Gasteiger partial charge in [-0.25, -0.2) is 0 Å². The van der Waals surface area contributed by atoms with Gasteiger partial charge in [-0.1, -0.05) is 19.1 Å². The Kier molecular flexibility index (Phi) is 4.35. The lowest BCUT2D eigenvalue weighted by molar-refractivity contribution is -0.274. The quantitative estimate of drug-likeness (QED) is 0.916. The first kappa shape index (κ1) is 14.9. The zero-order chi connectivity index (χ0) is 14.8. The monoisotopic (exact) mass is 301 g/mol. The van der Waals surface area contributed by atoms with Crippen LogP contribution >= 0.6 is 11.3 Å². The van der Waals surface area contributed by atoms with E-state index in [9.17, 15) is 13.2 Å². The Hall–Kier alpha value is -1.53. The zero-order valence-electron chi connectivity index (χ0n) is 10.8. The minimum Gasteiger partial charge on any atom is -0.406 e. The summed E-state index contributed by atoms with van der Waals surface area (Å²) in [5.41, 5.74) is 6.86. The van der Waals surface area contributed by atoms with Crippen molar-refractivity contribution in [3.63, 3.8) is 0 Å². The van der Waals surface area contributed by atoms with Gasteiger partial charge in [-0.05, 0) is 36.2 Å². The maximum Gasteiger partial charge on any atom is 0.573 e. The van der Waals surface area contributed by atoms with Crippen molar-refractivity contribution in [2.45, 2.75) is 25.7 Å². The average molecular weight is 301 g/mol. The van der Waals surface area contributed by atoms with Crippen molar-refractivity contribution < 1.29 is 17.9 Å². The van der Waals surface area contributed by atoms with Crippen molar-refractivity contribution in [1.82, 2.24) is 0 Å². The predicted molar refractivity (Wildman–Crippen MR) is 72.9 cm³/mol. The zero-order valence-corrected chi connectivity index (χ0v) is 11.6. The Labute approximate surface area is 119 Å². The number of halogens is 3. The smallest absolute Gasteiger partial charge is 0.406 e. The molecule has 0 amide bonds. The first-order chi connectivity index (χ1) is 9.39. The fraction of sp³-hybridized carbons (Fsp3) is 0.286. The molecule has 0 saturated heterocycles. The number of alkyl halides is 3. The summed E-state index contributed by atoms with van der Waals surface area (Å²) in [6.07, 6.45) is -3.73. The van der Waals surface area contributed by atoms with E-state index in [2.05, 4.69) is 11.7 Å². The van der Waals surface area contributed by atoms with E-state index >= 15 is 0 Å². The van der Waals surface area contributed by atoms with Gasteiger partial charge in [0.05, 0.1) is 6.04 Å². The number of thiophene rings is 1. The van der Waals surface area contributed by atoms with Crippen LogP contribution in [0.2, 0.25) is 0 Å². The van der Waals surface area contributed by atoms with Crippen molar-refractivity contribution in [3.8, 4) is 5.75 Å². The Balaban J connectivity index is 2.13. The molecule has 2 nitrogen and oxygen atoms in total. The lowest BCUT2D eigenvalue weighted by Gasteiger charge is -2.12. The van der Waals surface area contributed by atoms with Crippen LogP contribution in [-0.2, 0) is 6.42 Å². The fourth-order valence-corrected chi connectivity index (χ4v) is 2.78. The molecular formula is C14H14F3NOS. The molecule has 6 heteroatoms. The molecule has 0 aliphatic heterocycles. The molecule has 0 aliphatic rings. The van der Waals surface area contributed by atoms with Crippen LogP contribution in [0.15, 0.2) is 36.4 Å². The average Bonchev–Trinajstić information content (AvgIpc) is 2.85. The molecule has 0 spiro atoms. The van der Waals surface area contributed by atoms with Crippen molar-refractivity contribution in [1.29, 1.82) is 0 Å². The Morgan fingerprint density at radius 1 is 1.15 bits per heavy atom. The summed E-state index contributed by atoms with van der Waals surface area (Å²) in [6, 6.07) is 9.29. The number of nitrogens with two attached hydrogens (primary N) is 1. The summed E-state index contributed by atoms with van der Waals surface area (Å²) < 4.78 is 40.0. The Bertz CT molecular complexity index is 563. The van der Waals surface area contributed by atoms with Gasteiger partial charge in [-0.3, -0.25) is 0 Å². The molecule has 0 saturated carbocycles. The summed E-state index contributed by atoms with van der Waals surface area (Å²) in [6.45, 7) is 2.06. The lowest BCUT2D eigenvalue weighted by Crippen LogP contribution is -2.17. The number of aryl methyl sites for hydroxylation is 1. The standard InChI is InChI=1S/C14H14F3NOS/c1-2-11-7-8-12(20-11)13(18)9-3-5-10(6-4-9)19-14(15,16)17/h3-8,13H,2,18H2,1H3. The summed E-state index contributed by atoms with van der Waals surface area (Å²) >= 11 is 1.61. The second-order valence-electron chi connectivity index (χ2n) is 4.25. The molecule has 0 bridgehead atoms. The van der Waals surface area contributed by atoms with E-state index in [1.807, 2.05) is 12.1 Å². The van der Waals surface area contributed by atoms with Crippen LogP contribution in [0, 0.1) is 0 Å². The molecule has 1 heterocycles.